The number of halogens is 1. The van der Waals surface area contributed by atoms with Gasteiger partial charge in [0.05, 0.1) is 16.1 Å². The number of rotatable bonds is 3. The first-order valence-electron chi connectivity index (χ1n) is 7.30. The molecule has 4 rings (SSSR count). The molecule has 114 valence electrons. The summed E-state index contributed by atoms with van der Waals surface area (Å²) >= 11 is 6.29. The second-order valence-electron chi connectivity index (χ2n) is 5.35. The largest absolute Gasteiger partial charge is 0.486 e. The lowest BCUT2D eigenvalue weighted by atomic mass is 10.1. The maximum Gasteiger partial charge on any atom is 0.157 e. The quantitative estimate of drug-likeness (QED) is 0.513. The first-order chi connectivity index (χ1) is 11.2. The topological polar surface area (TPSA) is 48.4 Å². The highest BCUT2D eigenvalue weighted by atomic mass is 35.5. The average Bonchev–Trinajstić information content (AvgIpc) is 2.96. The fourth-order valence-corrected chi connectivity index (χ4v) is 2.99. The third kappa shape index (κ3) is 2.39. The third-order valence-corrected chi connectivity index (χ3v) is 4.09. The molecule has 2 N–H and O–H groups in total. The first-order valence-corrected chi connectivity index (χ1v) is 7.68. The molecule has 0 saturated carbocycles. The normalized spacial score (nSPS) is 11.2. The zero-order chi connectivity index (χ0) is 15.8. The molecule has 0 fully saturated rings. The number of ether oxygens (including phenoxy) is 1. The summed E-state index contributed by atoms with van der Waals surface area (Å²) in [4.78, 5) is 0. The van der Waals surface area contributed by atoms with E-state index >= 15 is 0 Å². The Kier molecular flexibility index (Phi) is 3.36. The summed E-state index contributed by atoms with van der Waals surface area (Å²) < 4.78 is 11.9. The third-order valence-electron chi connectivity index (χ3n) is 3.81. The molecule has 0 radical (unpaired) electrons. The highest BCUT2D eigenvalue weighted by Gasteiger charge is 2.18. The summed E-state index contributed by atoms with van der Waals surface area (Å²) in [6.45, 7) is 0.432. The molecule has 0 aliphatic heterocycles. The Morgan fingerprint density at radius 1 is 1.00 bits per heavy atom. The Labute approximate surface area is 138 Å². The van der Waals surface area contributed by atoms with Crippen LogP contribution in [0.25, 0.3) is 21.9 Å². The molecule has 0 aliphatic rings. The standard InChI is InChI=1S/C19H14ClNO2/c20-14-10-15(21)19(22-11-12-6-2-1-3-7-12)17-13-8-4-5-9-16(13)23-18(14)17/h1-10H,11,21H2. The first kappa shape index (κ1) is 14.0. The average molecular weight is 324 g/mol. The SMILES string of the molecule is Nc1cc(Cl)c2oc3ccccc3c2c1OCc1ccccc1. The number of anilines is 1. The van der Waals surface area contributed by atoms with Crippen LogP contribution in [0.3, 0.4) is 0 Å². The van der Waals surface area contributed by atoms with Crippen LogP contribution in [0, 0.1) is 0 Å². The van der Waals surface area contributed by atoms with Crippen LogP contribution in [0.2, 0.25) is 5.02 Å². The monoisotopic (exact) mass is 323 g/mol. The molecule has 0 amide bonds. The Hall–Kier alpha value is -2.65. The van der Waals surface area contributed by atoms with Crippen molar-refractivity contribution in [1.82, 2.24) is 0 Å². The number of furan rings is 1. The molecule has 3 aromatic carbocycles. The molecule has 1 aromatic heterocycles. The zero-order valence-electron chi connectivity index (χ0n) is 12.3. The van der Waals surface area contributed by atoms with Gasteiger partial charge >= 0.3 is 0 Å². The van der Waals surface area contributed by atoms with E-state index in [9.17, 15) is 0 Å². The van der Waals surface area contributed by atoms with E-state index in [0.29, 0.717) is 28.6 Å². The van der Waals surface area contributed by atoms with Gasteiger partial charge in [-0.2, -0.15) is 0 Å². The van der Waals surface area contributed by atoms with Gasteiger partial charge in [-0.15, -0.1) is 0 Å². The van der Waals surface area contributed by atoms with E-state index < -0.39 is 0 Å². The summed E-state index contributed by atoms with van der Waals surface area (Å²) in [6, 6.07) is 19.4. The van der Waals surface area contributed by atoms with E-state index in [1.807, 2.05) is 54.6 Å². The molecule has 4 heteroatoms. The highest BCUT2D eigenvalue weighted by Crippen LogP contribution is 2.43. The number of benzene rings is 3. The number of para-hydroxylation sites is 1. The molecule has 0 atom stereocenters. The van der Waals surface area contributed by atoms with E-state index in [2.05, 4.69) is 0 Å². The van der Waals surface area contributed by atoms with Crippen molar-refractivity contribution in [1.29, 1.82) is 0 Å². The minimum absolute atomic E-state index is 0.432. The van der Waals surface area contributed by atoms with Crippen molar-refractivity contribution in [3.8, 4) is 5.75 Å². The lowest BCUT2D eigenvalue weighted by Crippen LogP contribution is -1.99. The van der Waals surface area contributed by atoms with Crippen molar-refractivity contribution < 1.29 is 9.15 Å². The number of hydrogen-bond acceptors (Lipinski definition) is 3. The summed E-state index contributed by atoms with van der Waals surface area (Å²) in [5.74, 6) is 0.609. The molecule has 23 heavy (non-hydrogen) atoms. The Bertz CT molecular complexity index is 993. The van der Waals surface area contributed by atoms with E-state index in [4.69, 9.17) is 26.5 Å². The van der Waals surface area contributed by atoms with Gasteiger partial charge in [0, 0.05) is 5.39 Å². The van der Waals surface area contributed by atoms with E-state index in [0.717, 1.165) is 21.9 Å². The summed E-state index contributed by atoms with van der Waals surface area (Å²) in [6.07, 6.45) is 0. The molecule has 0 saturated heterocycles. The van der Waals surface area contributed by atoms with Gasteiger partial charge in [-0.25, -0.2) is 0 Å². The summed E-state index contributed by atoms with van der Waals surface area (Å²) in [5, 5.41) is 2.25. The molecule has 4 aromatic rings. The van der Waals surface area contributed by atoms with Gasteiger partial charge in [0.1, 0.15) is 12.2 Å². The van der Waals surface area contributed by atoms with Crippen molar-refractivity contribution in [2.75, 3.05) is 5.73 Å². The van der Waals surface area contributed by atoms with Gasteiger partial charge in [-0.05, 0) is 17.7 Å². The smallest absolute Gasteiger partial charge is 0.157 e. The Morgan fingerprint density at radius 3 is 2.57 bits per heavy atom. The highest BCUT2D eigenvalue weighted by molar-refractivity contribution is 6.36. The van der Waals surface area contributed by atoms with Gasteiger partial charge in [0.15, 0.2) is 11.3 Å². The van der Waals surface area contributed by atoms with Crippen LogP contribution in [-0.2, 0) is 6.61 Å². The molecule has 3 nitrogen and oxygen atoms in total. The number of hydrogen-bond donors (Lipinski definition) is 1. The van der Waals surface area contributed by atoms with Crippen molar-refractivity contribution >= 4 is 39.2 Å². The maximum atomic E-state index is 6.29. The lowest BCUT2D eigenvalue weighted by molar-refractivity contribution is 0.312. The second-order valence-corrected chi connectivity index (χ2v) is 5.76. The number of fused-ring (bicyclic) bond motifs is 3. The van der Waals surface area contributed by atoms with Crippen LogP contribution in [0.5, 0.6) is 5.75 Å². The second kappa shape index (κ2) is 5.52. The van der Waals surface area contributed by atoms with Crippen LogP contribution in [-0.4, -0.2) is 0 Å². The van der Waals surface area contributed by atoms with Crippen LogP contribution in [0.4, 0.5) is 5.69 Å². The van der Waals surface area contributed by atoms with E-state index in [-0.39, 0.29) is 0 Å². The van der Waals surface area contributed by atoms with Gasteiger partial charge in [-0.1, -0.05) is 60.1 Å². The van der Waals surface area contributed by atoms with Crippen molar-refractivity contribution in [2.45, 2.75) is 6.61 Å². The lowest BCUT2D eigenvalue weighted by Gasteiger charge is -2.11. The molecular weight excluding hydrogens is 310 g/mol. The Morgan fingerprint density at radius 2 is 1.74 bits per heavy atom. The van der Waals surface area contributed by atoms with E-state index in [1.165, 1.54) is 0 Å². The summed E-state index contributed by atoms with van der Waals surface area (Å²) in [5.41, 5.74) is 9.09. The number of nitrogens with two attached hydrogens (primary N) is 1. The predicted molar refractivity (Wildman–Crippen MR) is 93.9 cm³/mol. The molecule has 0 unspecified atom stereocenters. The van der Waals surface area contributed by atoms with Gasteiger partial charge in [0.2, 0.25) is 0 Å². The number of nitrogen functional groups attached to an aromatic ring is 1. The van der Waals surface area contributed by atoms with E-state index in [1.54, 1.807) is 6.07 Å². The minimum atomic E-state index is 0.432. The molecule has 1 heterocycles. The van der Waals surface area contributed by atoms with Gasteiger partial charge in [0.25, 0.3) is 0 Å². The van der Waals surface area contributed by atoms with Crippen molar-refractivity contribution in [2.24, 2.45) is 0 Å². The van der Waals surface area contributed by atoms with Crippen LogP contribution in [0.1, 0.15) is 5.56 Å². The van der Waals surface area contributed by atoms with Crippen LogP contribution < -0.4 is 10.5 Å². The van der Waals surface area contributed by atoms with Crippen LogP contribution in [0.15, 0.2) is 65.1 Å². The Balaban J connectivity index is 1.87. The van der Waals surface area contributed by atoms with Crippen LogP contribution >= 0.6 is 11.6 Å². The molecule has 0 bridgehead atoms. The van der Waals surface area contributed by atoms with Crippen molar-refractivity contribution in [3.05, 3.63) is 71.2 Å². The van der Waals surface area contributed by atoms with Crippen molar-refractivity contribution in [3.63, 3.8) is 0 Å². The van der Waals surface area contributed by atoms with Gasteiger partial charge in [-0.3, -0.25) is 0 Å². The predicted octanol–water partition coefficient (Wildman–Crippen LogP) is 5.40. The molecular formula is C19H14ClNO2. The van der Waals surface area contributed by atoms with Gasteiger partial charge < -0.3 is 14.9 Å². The molecule has 0 aliphatic carbocycles. The minimum Gasteiger partial charge on any atom is -0.486 e. The fraction of sp³-hybridized carbons (Fsp3) is 0.0526. The molecule has 0 spiro atoms. The maximum absolute atomic E-state index is 6.29. The fourth-order valence-electron chi connectivity index (χ4n) is 2.74. The summed E-state index contributed by atoms with van der Waals surface area (Å²) in [7, 11) is 0. The zero-order valence-corrected chi connectivity index (χ0v) is 13.0.